The van der Waals surface area contributed by atoms with E-state index < -0.39 is 11.1 Å². The number of likely N-dealkylation sites (N-methyl/N-ethyl adjacent to an activating group) is 1. The van der Waals surface area contributed by atoms with Crippen LogP contribution in [0.4, 0.5) is 5.69 Å². The van der Waals surface area contributed by atoms with Crippen molar-refractivity contribution in [1.29, 1.82) is 0 Å². The van der Waals surface area contributed by atoms with Crippen LogP contribution in [0.2, 0.25) is 0 Å². The van der Waals surface area contributed by atoms with E-state index in [1.54, 1.807) is 50.4 Å². The van der Waals surface area contributed by atoms with Crippen molar-refractivity contribution in [2.24, 2.45) is 0 Å². The normalized spacial score (nSPS) is 10.6. The van der Waals surface area contributed by atoms with E-state index in [1.807, 2.05) is 0 Å². The zero-order valence-corrected chi connectivity index (χ0v) is 15.5. The number of aryl methyl sites for hydroxylation is 1. The zero-order valence-electron chi connectivity index (χ0n) is 15.5. The molecule has 0 saturated heterocycles. The average Bonchev–Trinajstić information content (AvgIpc) is 2.70. The number of carbonyl (C=O) groups excluding carboxylic acids is 2. The second-order valence-corrected chi connectivity index (χ2v) is 6.24. The highest BCUT2D eigenvalue weighted by Gasteiger charge is 2.11. The number of nitrogens with zero attached hydrogens (tertiary/aromatic N) is 1. The molecule has 0 bridgehead atoms. The third kappa shape index (κ3) is 3.85. The number of carbonyl (C=O) groups is 2. The van der Waals surface area contributed by atoms with Crippen molar-refractivity contribution >= 4 is 28.5 Å². The van der Waals surface area contributed by atoms with Gasteiger partial charge in [-0.1, -0.05) is 12.1 Å². The van der Waals surface area contributed by atoms with Crippen molar-refractivity contribution in [3.8, 4) is 0 Å². The van der Waals surface area contributed by atoms with Gasteiger partial charge in [0, 0.05) is 24.8 Å². The predicted molar refractivity (Wildman–Crippen MR) is 107 cm³/mol. The van der Waals surface area contributed by atoms with E-state index in [9.17, 15) is 19.2 Å². The number of benzene rings is 2. The fourth-order valence-electron chi connectivity index (χ4n) is 2.92. The molecule has 3 N–H and O–H groups in total. The van der Waals surface area contributed by atoms with Crippen molar-refractivity contribution in [1.82, 2.24) is 14.9 Å². The smallest absolute Gasteiger partial charge is 0.316 e. The van der Waals surface area contributed by atoms with E-state index in [-0.39, 0.29) is 18.2 Å². The number of H-pyrrole nitrogens is 1. The summed E-state index contributed by atoms with van der Waals surface area (Å²) in [7, 11) is 1.58. The monoisotopic (exact) mass is 380 g/mol. The minimum absolute atomic E-state index is 0.0903. The lowest BCUT2D eigenvalue weighted by atomic mass is 10.1. The largest absolute Gasteiger partial charge is 0.359 e. The molecular weight excluding hydrogens is 360 g/mol. The Kier molecular flexibility index (Phi) is 5.39. The van der Waals surface area contributed by atoms with Crippen molar-refractivity contribution in [3.05, 3.63) is 74.3 Å². The van der Waals surface area contributed by atoms with Crippen LogP contribution in [0.25, 0.3) is 11.0 Å². The molecule has 8 heteroatoms. The second kappa shape index (κ2) is 7.91. The molecule has 0 aliphatic carbocycles. The number of aromatic amines is 1. The first-order chi connectivity index (χ1) is 13.4. The minimum atomic E-state index is -0.724. The third-order valence-electron chi connectivity index (χ3n) is 4.41. The molecule has 1 aromatic heterocycles. The van der Waals surface area contributed by atoms with Gasteiger partial charge in [0.15, 0.2) is 0 Å². The van der Waals surface area contributed by atoms with Crippen LogP contribution in [0.3, 0.4) is 0 Å². The number of amides is 2. The highest BCUT2D eigenvalue weighted by Crippen LogP contribution is 2.15. The van der Waals surface area contributed by atoms with Crippen LogP contribution in [0.5, 0.6) is 0 Å². The molecule has 0 radical (unpaired) electrons. The zero-order chi connectivity index (χ0) is 20.3. The second-order valence-electron chi connectivity index (χ2n) is 6.24. The lowest BCUT2D eigenvalue weighted by molar-refractivity contribution is -0.119. The molecule has 0 saturated carbocycles. The quantitative estimate of drug-likeness (QED) is 0.578. The van der Waals surface area contributed by atoms with Gasteiger partial charge in [0.25, 0.3) is 5.91 Å². The molecule has 0 aliphatic heterocycles. The number of aromatic nitrogens is 2. The van der Waals surface area contributed by atoms with Crippen molar-refractivity contribution < 1.29 is 9.59 Å². The average molecular weight is 380 g/mol. The van der Waals surface area contributed by atoms with E-state index in [0.717, 1.165) is 5.56 Å². The third-order valence-corrected chi connectivity index (χ3v) is 4.41. The van der Waals surface area contributed by atoms with Crippen molar-refractivity contribution in [2.45, 2.75) is 19.9 Å². The Bertz CT molecular complexity index is 1160. The first-order valence-corrected chi connectivity index (χ1v) is 8.80. The first-order valence-electron chi connectivity index (χ1n) is 8.80. The number of hydrogen-bond acceptors (Lipinski definition) is 4. The minimum Gasteiger partial charge on any atom is -0.359 e. The Morgan fingerprint density at radius 1 is 1.07 bits per heavy atom. The molecular formula is C20H20N4O4. The SMILES string of the molecule is CCn1c(=O)c(=O)[nH]c2cc(C(=O)Nc3ccc(CC(=O)NC)cc3)ccc21. The maximum atomic E-state index is 12.5. The van der Waals surface area contributed by atoms with Crippen LogP contribution >= 0.6 is 0 Å². The van der Waals surface area contributed by atoms with Gasteiger partial charge in [-0.15, -0.1) is 0 Å². The molecule has 0 spiro atoms. The lowest BCUT2D eigenvalue weighted by Gasteiger charge is -2.10. The molecule has 0 unspecified atom stereocenters. The fraction of sp³-hybridized carbons (Fsp3) is 0.200. The Balaban J connectivity index is 1.84. The van der Waals surface area contributed by atoms with Gasteiger partial charge >= 0.3 is 11.1 Å². The molecule has 8 nitrogen and oxygen atoms in total. The van der Waals surface area contributed by atoms with E-state index in [0.29, 0.717) is 28.8 Å². The van der Waals surface area contributed by atoms with Gasteiger partial charge < -0.3 is 20.2 Å². The molecule has 3 aromatic rings. The molecule has 0 atom stereocenters. The van der Waals surface area contributed by atoms with Crippen molar-refractivity contribution in [3.63, 3.8) is 0 Å². The van der Waals surface area contributed by atoms with Crippen LogP contribution < -0.4 is 21.8 Å². The molecule has 2 aromatic carbocycles. The Hall–Kier alpha value is -3.68. The summed E-state index contributed by atoms with van der Waals surface area (Å²) in [5.74, 6) is -0.441. The Labute approximate surface area is 160 Å². The van der Waals surface area contributed by atoms with E-state index in [2.05, 4.69) is 15.6 Å². The standard InChI is InChI=1S/C20H20N4O4/c1-3-24-16-9-6-13(11-15(16)23-19(27)20(24)28)18(26)22-14-7-4-12(5-8-14)10-17(25)21-2/h4-9,11H,3,10H2,1-2H3,(H,21,25)(H,22,26)(H,23,27). The summed E-state index contributed by atoms with van der Waals surface area (Å²) in [5.41, 5.74) is 1.39. The summed E-state index contributed by atoms with van der Waals surface area (Å²) in [6.07, 6.45) is 0.266. The Morgan fingerprint density at radius 3 is 2.43 bits per heavy atom. The van der Waals surface area contributed by atoms with E-state index in [4.69, 9.17) is 0 Å². The van der Waals surface area contributed by atoms with Crippen LogP contribution in [0, 0.1) is 0 Å². The van der Waals surface area contributed by atoms with Gasteiger partial charge in [0.2, 0.25) is 5.91 Å². The van der Waals surface area contributed by atoms with Crippen LogP contribution in [0.1, 0.15) is 22.8 Å². The van der Waals surface area contributed by atoms with Gasteiger partial charge in [0.1, 0.15) is 0 Å². The summed E-state index contributed by atoms with van der Waals surface area (Å²) < 4.78 is 1.36. The molecule has 2 amide bonds. The van der Waals surface area contributed by atoms with Crippen LogP contribution in [0.15, 0.2) is 52.1 Å². The van der Waals surface area contributed by atoms with Crippen LogP contribution in [-0.4, -0.2) is 28.4 Å². The molecule has 0 fully saturated rings. The molecule has 0 aliphatic rings. The Morgan fingerprint density at radius 2 is 1.79 bits per heavy atom. The molecule has 144 valence electrons. The summed E-state index contributed by atoms with van der Waals surface area (Å²) >= 11 is 0. The maximum absolute atomic E-state index is 12.5. The number of rotatable bonds is 5. The molecule has 28 heavy (non-hydrogen) atoms. The highest BCUT2D eigenvalue weighted by atomic mass is 16.2. The van der Waals surface area contributed by atoms with Gasteiger partial charge in [-0.2, -0.15) is 0 Å². The predicted octanol–water partition coefficient (Wildman–Crippen LogP) is 1.25. The summed E-state index contributed by atoms with van der Waals surface area (Å²) in [5, 5.41) is 5.33. The number of fused-ring (bicyclic) bond motifs is 1. The first kappa shape index (κ1) is 19.1. The van der Waals surface area contributed by atoms with Crippen LogP contribution in [-0.2, 0) is 17.8 Å². The summed E-state index contributed by atoms with van der Waals surface area (Å²) in [6.45, 7) is 2.13. The van der Waals surface area contributed by atoms with Gasteiger partial charge in [-0.3, -0.25) is 19.2 Å². The van der Waals surface area contributed by atoms with Gasteiger partial charge in [0.05, 0.1) is 17.5 Å². The molecule has 1 heterocycles. The molecule has 3 rings (SSSR count). The number of hydrogen-bond donors (Lipinski definition) is 3. The topological polar surface area (TPSA) is 113 Å². The maximum Gasteiger partial charge on any atom is 0.316 e. The van der Waals surface area contributed by atoms with E-state index in [1.165, 1.54) is 10.6 Å². The van der Waals surface area contributed by atoms with Gasteiger partial charge in [-0.25, -0.2) is 0 Å². The number of anilines is 1. The fourth-order valence-corrected chi connectivity index (χ4v) is 2.92. The van der Waals surface area contributed by atoms with E-state index >= 15 is 0 Å². The number of nitrogens with one attached hydrogen (secondary N) is 3. The lowest BCUT2D eigenvalue weighted by Crippen LogP contribution is -2.36. The van der Waals surface area contributed by atoms with Gasteiger partial charge in [-0.05, 0) is 42.8 Å². The summed E-state index contributed by atoms with van der Waals surface area (Å²) in [4.78, 5) is 50.2. The highest BCUT2D eigenvalue weighted by molar-refractivity contribution is 6.05. The summed E-state index contributed by atoms with van der Waals surface area (Å²) in [6, 6.07) is 11.7. The van der Waals surface area contributed by atoms with Crippen molar-refractivity contribution in [2.75, 3.05) is 12.4 Å².